The number of likely N-dealkylation sites (N-methyl/N-ethyl adjacent to an activating group) is 1. The zero-order chi connectivity index (χ0) is 20.0. The maximum Gasteiger partial charge on any atom is 0.259 e. The normalized spacial score (nSPS) is 10.7. The predicted octanol–water partition coefficient (Wildman–Crippen LogP) is 3.53. The van der Waals surface area contributed by atoms with Crippen LogP contribution < -0.4 is 9.47 Å². The predicted molar refractivity (Wildman–Crippen MR) is 106 cm³/mol. The SMILES string of the molecule is COc1cc(/C=C/C(=O)c2ccc(OCC(=O)N(C)C)cc2)cc(Br)c1O. The van der Waals surface area contributed by atoms with E-state index in [0.29, 0.717) is 27.1 Å². The smallest absolute Gasteiger partial charge is 0.259 e. The highest BCUT2D eigenvalue weighted by molar-refractivity contribution is 9.10. The highest BCUT2D eigenvalue weighted by Crippen LogP contribution is 2.35. The van der Waals surface area contributed by atoms with Crippen LogP contribution in [-0.2, 0) is 4.79 Å². The lowest BCUT2D eigenvalue weighted by molar-refractivity contribution is -0.130. The minimum Gasteiger partial charge on any atom is -0.503 e. The van der Waals surface area contributed by atoms with Crippen molar-refractivity contribution >= 4 is 33.7 Å². The quantitative estimate of drug-likeness (QED) is 0.533. The van der Waals surface area contributed by atoms with E-state index in [2.05, 4.69) is 15.9 Å². The molecule has 7 heteroatoms. The van der Waals surface area contributed by atoms with Crippen molar-refractivity contribution in [1.29, 1.82) is 0 Å². The average Bonchev–Trinajstić information content (AvgIpc) is 2.66. The molecular formula is C20H20BrNO5. The molecule has 2 aromatic rings. The van der Waals surface area contributed by atoms with Gasteiger partial charge in [0.15, 0.2) is 23.9 Å². The minimum atomic E-state index is -0.186. The Bertz CT molecular complexity index is 859. The van der Waals surface area contributed by atoms with E-state index in [1.165, 1.54) is 18.1 Å². The van der Waals surface area contributed by atoms with Crippen molar-refractivity contribution in [3.63, 3.8) is 0 Å². The number of amides is 1. The third-order valence-corrected chi connectivity index (χ3v) is 4.30. The molecule has 0 heterocycles. The molecule has 27 heavy (non-hydrogen) atoms. The fourth-order valence-corrected chi connectivity index (χ4v) is 2.56. The third kappa shape index (κ3) is 5.59. The highest BCUT2D eigenvalue weighted by Gasteiger charge is 2.09. The number of carbonyl (C=O) groups is 2. The van der Waals surface area contributed by atoms with Gasteiger partial charge in [-0.25, -0.2) is 0 Å². The molecule has 1 N–H and O–H groups in total. The van der Waals surface area contributed by atoms with Gasteiger partial charge < -0.3 is 19.5 Å². The van der Waals surface area contributed by atoms with Gasteiger partial charge in [0.25, 0.3) is 5.91 Å². The second-order valence-corrected chi connectivity index (χ2v) is 6.71. The van der Waals surface area contributed by atoms with Crippen LogP contribution in [0.15, 0.2) is 46.9 Å². The minimum absolute atomic E-state index is 0.00399. The summed E-state index contributed by atoms with van der Waals surface area (Å²) in [6, 6.07) is 9.86. The first-order valence-corrected chi connectivity index (χ1v) is 8.83. The molecule has 0 aromatic heterocycles. The number of nitrogens with zero attached hydrogens (tertiary/aromatic N) is 1. The van der Waals surface area contributed by atoms with Gasteiger partial charge in [0.2, 0.25) is 0 Å². The van der Waals surface area contributed by atoms with Crippen LogP contribution in [0.2, 0.25) is 0 Å². The molecule has 0 radical (unpaired) electrons. The van der Waals surface area contributed by atoms with Crippen molar-refractivity contribution in [3.05, 3.63) is 58.1 Å². The number of aromatic hydroxyl groups is 1. The van der Waals surface area contributed by atoms with Crippen molar-refractivity contribution in [1.82, 2.24) is 4.90 Å². The van der Waals surface area contributed by atoms with Crippen molar-refractivity contribution < 1.29 is 24.2 Å². The lowest BCUT2D eigenvalue weighted by Gasteiger charge is -2.11. The summed E-state index contributed by atoms with van der Waals surface area (Å²) >= 11 is 3.24. The fraction of sp³-hybridized carbons (Fsp3) is 0.200. The zero-order valence-electron chi connectivity index (χ0n) is 15.2. The number of rotatable bonds is 7. The van der Waals surface area contributed by atoms with Crippen LogP contribution in [0.5, 0.6) is 17.2 Å². The number of benzene rings is 2. The molecule has 0 aliphatic carbocycles. The molecule has 0 unspecified atom stereocenters. The van der Waals surface area contributed by atoms with E-state index >= 15 is 0 Å². The monoisotopic (exact) mass is 433 g/mol. The molecule has 0 bridgehead atoms. The van der Waals surface area contributed by atoms with Gasteiger partial charge >= 0.3 is 0 Å². The Morgan fingerprint density at radius 2 is 1.85 bits per heavy atom. The van der Waals surface area contributed by atoms with Gasteiger partial charge in [-0.1, -0.05) is 6.08 Å². The van der Waals surface area contributed by atoms with Crippen molar-refractivity contribution in [3.8, 4) is 17.2 Å². The van der Waals surface area contributed by atoms with Crippen molar-refractivity contribution in [2.45, 2.75) is 0 Å². The van der Waals surface area contributed by atoms with Crippen LogP contribution in [0.25, 0.3) is 6.08 Å². The molecular weight excluding hydrogens is 414 g/mol. The summed E-state index contributed by atoms with van der Waals surface area (Å²) in [4.78, 5) is 25.3. The molecule has 0 aliphatic rings. The topological polar surface area (TPSA) is 76.1 Å². The zero-order valence-corrected chi connectivity index (χ0v) is 16.8. The Hall–Kier alpha value is -2.80. The first-order valence-electron chi connectivity index (χ1n) is 8.03. The van der Waals surface area contributed by atoms with Crippen LogP contribution in [0.3, 0.4) is 0 Å². The van der Waals surface area contributed by atoms with Gasteiger partial charge in [0.1, 0.15) is 5.75 Å². The van der Waals surface area contributed by atoms with Crippen LogP contribution >= 0.6 is 15.9 Å². The molecule has 2 aromatic carbocycles. The lowest BCUT2D eigenvalue weighted by atomic mass is 10.1. The van der Waals surface area contributed by atoms with Gasteiger partial charge in [-0.3, -0.25) is 9.59 Å². The maximum absolute atomic E-state index is 12.3. The summed E-state index contributed by atoms with van der Waals surface area (Å²) in [5, 5.41) is 9.81. The number of phenols is 1. The van der Waals surface area contributed by atoms with Gasteiger partial charge in [-0.15, -0.1) is 0 Å². The van der Waals surface area contributed by atoms with E-state index in [-0.39, 0.29) is 24.0 Å². The summed E-state index contributed by atoms with van der Waals surface area (Å²) in [6.07, 6.45) is 3.07. The highest BCUT2D eigenvalue weighted by atomic mass is 79.9. The molecule has 0 saturated heterocycles. The lowest BCUT2D eigenvalue weighted by Crippen LogP contribution is -2.27. The molecule has 2 rings (SSSR count). The Kier molecular flexibility index (Phi) is 7.01. The Morgan fingerprint density at radius 3 is 2.44 bits per heavy atom. The summed E-state index contributed by atoms with van der Waals surface area (Å²) in [6.45, 7) is -0.0578. The van der Waals surface area contributed by atoms with E-state index in [0.717, 1.165) is 0 Å². The summed E-state index contributed by atoms with van der Waals surface area (Å²) in [7, 11) is 4.76. The van der Waals surface area contributed by atoms with E-state index in [1.54, 1.807) is 56.6 Å². The number of hydrogen-bond donors (Lipinski definition) is 1. The van der Waals surface area contributed by atoms with Crippen LogP contribution in [-0.4, -0.2) is 49.5 Å². The number of ketones is 1. The van der Waals surface area contributed by atoms with Crippen LogP contribution in [0.1, 0.15) is 15.9 Å². The number of phenolic OH excluding ortho intramolecular Hbond substituents is 1. The molecule has 0 aliphatic heterocycles. The second-order valence-electron chi connectivity index (χ2n) is 5.85. The van der Waals surface area contributed by atoms with Gasteiger partial charge in [0, 0.05) is 19.7 Å². The molecule has 142 valence electrons. The van der Waals surface area contributed by atoms with Crippen molar-refractivity contribution in [2.24, 2.45) is 0 Å². The number of methoxy groups -OCH3 is 1. The fourth-order valence-electron chi connectivity index (χ4n) is 2.10. The van der Waals surface area contributed by atoms with E-state index in [1.807, 2.05) is 0 Å². The first-order chi connectivity index (χ1) is 12.8. The number of halogens is 1. The number of allylic oxidation sites excluding steroid dienone is 1. The third-order valence-electron chi connectivity index (χ3n) is 3.70. The summed E-state index contributed by atoms with van der Waals surface area (Å²) in [5.41, 5.74) is 1.19. The Morgan fingerprint density at radius 1 is 1.19 bits per heavy atom. The largest absolute Gasteiger partial charge is 0.503 e. The standard InChI is InChI=1S/C20H20BrNO5/c1-22(2)19(24)12-27-15-7-5-14(6-8-15)17(23)9-4-13-10-16(21)20(25)18(11-13)26-3/h4-11,25H,12H2,1-3H3/b9-4+. The Balaban J connectivity index is 2.05. The van der Waals surface area contributed by atoms with Gasteiger partial charge in [-0.05, 0) is 64.0 Å². The number of ether oxygens (including phenoxy) is 2. The summed E-state index contributed by atoms with van der Waals surface area (Å²) < 4.78 is 10.9. The number of hydrogen-bond acceptors (Lipinski definition) is 5. The van der Waals surface area contributed by atoms with Gasteiger partial charge in [0.05, 0.1) is 11.6 Å². The molecule has 6 nitrogen and oxygen atoms in total. The molecule has 0 saturated carbocycles. The van der Waals surface area contributed by atoms with Crippen molar-refractivity contribution in [2.75, 3.05) is 27.8 Å². The summed E-state index contributed by atoms with van der Waals surface area (Å²) in [5.74, 6) is 0.496. The molecule has 1 amide bonds. The maximum atomic E-state index is 12.3. The van der Waals surface area contributed by atoms with Crippen LogP contribution in [0, 0.1) is 0 Å². The van der Waals surface area contributed by atoms with E-state index < -0.39 is 0 Å². The van der Waals surface area contributed by atoms with E-state index in [9.17, 15) is 14.7 Å². The first kappa shape index (κ1) is 20.5. The Labute approximate surface area is 166 Å². The van der Waals surface area contributed by atoms with E-state index in [4.69, 9.17) is 9.47 Å². The molecule has 0 fully saturated rings. The number of carbonyl (C=O) groups excluding carboxylic acids is 2. The van der Waals surface area contributed by atoms with Crippen LogP contribution in [0.4, 0.5) is 0 Å². The van der Waals surface area contributed by atoms with Gasteiger partial charge in [-0.2, -0.15) is 0 Å². The second kappa shape index (κ2) is 9.23. The average molecular weight is 434 g/mol. The molecule has 0 spiro atoms. The molecule has 0 atom stereocenters.